The van der Waals surface area contributed by atoms with Crippen LogP contribution in [0.25, 0.3) is 0 Å². The Hall–Kier alpha value is -1.63. The maximum absolute atomic E-state index is 11.1. The van der Waals surface area contributed by atoms with Gasteiger partial charge in [0.1, 0.15) is 6.23 Å². The first-order valence-corrected chi connectivity index (χ1v) is 5.37. The Morgan fingerprint density at radius 1 is 1.47 bits per heavy atom. The molecule has 0 bridgehead atoms. The molecule has 2 aliphatic rings. The van der Waals surface area contributed by atoms with Crippen molar-refractivity contribution in [2.45, 2.75) is 31.6 Å². The Morgan fingerprint density at radius 3 is 2.65 bits per heavy atom. The van der Waals surface area contributed by atoms with Crippen molar-refractivity contribution >= 4 is 17.8 Å². The molecule has 0 saturated carbocycles. The first kappa shape index (κ1) is 11.8. The van der Waals surface area contributed by atoms with E-state index < -0.39 is 24.3 Å². The number of β-lactam (4-membered cyclic amide) rings is 1. The number of fused-ring (bicyclic) bond motifs is 1. The molecular formula is C10H13NO6. The number of carboxylic acid groups (broad SMARTS) is 2. The summed E-state index contributed by atoms with van der Waals surface area (Å²) in [5, 5.41) is 17.5. The van der Waals surface area contributed by atoms with E-state index in [2.05, 4.69) is 0 Å². The molecule has 0 aromatic rings. The number of ether oxygens (including phenoxy) is 1. The minimum absolute atomic E-state index is 0.00242. The van der Waals surface area contributed by atoms with Crippen LogP contribution in [0, 0.1) is 5.92 Å². The summed E-state index contributed by atoms with van der Waals surface area (Å²) in [6.07, 6.45) is -0.554. The molecule has 7 heteroatoms. The van der Waals surface area contributed by atoms with E-state index in [1.165, 1.54) is 0 Å². The fourth-order valence-electron chi connectivity index (χ4n) is 2.18. The molecule has 7 nitrogen and oxygen atoms in total. The van der Waals surface area contributed by atoms with Crippen LogP contribution in [-0.4, -0.2) is 51.8 Å². The lowest BCUT2D eigenvalue weighted by Crippen LogP contribution is -2.48. The quantitative estimate of drug-likeness (QED) is 0.631. The summed E-state index contributed by atoms with van der Waals surface area (Å²) in [6, 6.07) is 0. The van der Waals surface area contributed by atoms with E-state index in [0.29, 0.717) is 13.0 Å². The van der Waals surface area contributed by atoms with Crippen LogP contribution < -0.4 is 0 Å². The van der Waals surface area contributed by atoms with Gasteiger partial charge in [-0.2, -0.15) is 0 Å². The third kappa shape index (κ3) is 2.38. The monoisotopic (exact) mass is 243 g/mol. The van der Waals surface area contributed by atoms with Gasteiger partial charge in [-0.25, -0.2) is 0 Å². The number of carbonyl (C=O) groups is 3. The number of carboxylic acids is 2. The van der Waals surface area contributed by atoms with Gasteiger partial charge in [-0.1, -0.05) is 0 Å². The second-order valence-corrected chi connectivity index (χ2v) is 4.33. The summed E-state index contributed by atoms with van der Waals surface area (Å²) in [6.45, 7) is 0.368. The van der Waals surface area contributed by atoms with Gasteiger partial charge in [-0.15, -0.1) is 0 Å². The van der Waals surface area contributed by atoms with Gasteiger partial charge in [0.2, 0.25) is 5.91 Å². The predicted octanol–water partition coefficient (Wildman–Crippen LogP) is -0.491. The van der Waals surface area contributed by atoms with Crippen LogP contribution in [0.3, 0.4) is 0 Å². The lowest BCUT2D eigenvalue weighted by atomic mass is 9.98. The normalized spacial score (nSPS) is 28.5. The first-order valence-electron chi connectivity index (χ1n) is 5.37. The van der Waals surface area contributed by atoms with Gasteiger partial charge in [-0.3, -0.25) is 14.4 Å². The number of nitrogens with zero attached hydrogens (tertiary/aromatic N) is 1. The van der Waals surface area contributed by atoms with Gasteiger partial charge in [0.15, 0.2) is 0 Å². The number of amides is 1. The van der Waals surface area contributed by atoms with Crippen molar-refractivity contribution in [3.63, 3.8) is 0 Å². The zero-order chi connectivity index (χ0) is 12.6. The number of hydrogen-bond acceptors (Lipinski definition) is 4. The lowest BCUT2D eigenvalue weighted by molar-refractivity contribution is -0.157. The molecule has 2 heterocycles. The van der Waals surface area contributed by atoms with Gasteiger partial charge in [0, 0.05) is 6.54 Å². The molecule has 0 aromatic heterocycles. The van der Waals surface area contributed by atoms with E-state index in [0.717, 1.165) is 0 Å². The average molecular weight is 243 g/mol. The van der Waals surface area contributed by atoms with E-state index in [9.17, 15) is 14.4 Å². The molecule has 17 heavy (non-hydrogen) atoms. The third-order valence-electron chi connectivity index (χ3n) is 3.08. The zero-order valence-electron chi connectivity index (χ0n) is 9.04. The van der Waals surface area contributed by atoms with E-state index in [4.69, 9.17) is 14.9 Å². The van der Waals surface area contributed by atoms with Crippen molar-refractivity contribution in [1.82, 2.24) is 4.90 Å². The molecule has 0 aliphatic carbocycles. The van der Waals surface area contributed by atoms with E-state index in [-0.39, 0.29) is 24.7 Å². The van der Waals surface area contributed by atoms with Crippen LogP contribution in [0.1, 0.15) is 19.3 Å². The second-order valence-electron chi connectivity index (χ2n) is 4.33. The fraction of sp³-hybridized carbons (Fsp3) is 0.700. The lowest BCUT2D eigenvalue weighted by Gasteiger charge is -2.31. The molecule has 3 unspecified atom stereocenters. The van der Waals surface area contributed by atoms with Gasteiger partial charge >= 0.3 is 11.9 Å². The Kier molecular flexibility index (Phi) is 3.01. The maximum atomic E-state index is 11.1. The van der Waals surface area contributed by atoms with E-state index >= 15 is 0 Å². The molecule has 2 N–H and O–H groups in total. The first-order chi connectivity index (χ1) is 7.97. The average Bonchev–Trinajstić information content (AvgIpc) is 2.53. The number of aliphatic carboxylic acids is 2. The molecule has 94 valence electrons. The highest BCUT2D eigenvalue weighted by Crippen LogP contribution is 2.31. The van der Waals surface area contributed by atoms with Crippen molar-refractivity contribution in [2.24, 2.45) is 5.92 Å². The summed E-state index contributed by atoms with van der Waals surface area (Å²) < 4.78 is 5.44. The molecule has 0 aromatic carbocycles. The smallest absolute Gasteiger partial charge is 0.307 e. The number of rotatable bonds is 5. The minimum Gasteiger partial charge on any atom is -0.481 e. The second kappa shape index (κ2) is 4.33. The van der Waals surface area contributed by atoms with Crippen molar-refractivity contribution in [1.29, 1.82) is 0 Å². The van der Waals surface area contributed by atoms with Gasteiger partial charge in [0.25, 0.3) is 0 Å². The van der Waals surface area contributed by atoms with Crippen molar-refractivity contribution in [2.75, 3.05) is 6.54 Å². The number of carbonyl (C=O) groups excluding carboxylic acids is 1. The molecule has 0 radical (unpaired) electrons. The van der Waals surface area contributed by atoms with Crippen LogP contribution in [0.4, 0.5) is 0 Å². The molecule has 2 rings (SSSR count). The minimum atomic E-state index is -1.14. The highest BCUT2D eigenvalue weighted by Gasteiger charge is 2.46. The molecule has 2 saturated heterocycles. The predicted molar refractivity (Wildman–Crippen MR) is 53.0 cm³/mol. The third-order valence-corrected chi connectivity index (χ3v) is 3.08. The van der Waals surface area contributed by atoms with Crippen molar-refractivity contribution in [3.05, 3.63) is 0 Å². The summed E-state index contributed by atoms with van der Waals surface area (Å²) in [4.78, 5) is 34.0. The number of hydrogen-bond donors (Lipinski definition) is 2. The SMILES string of the molecule is O=C(O)CC(CC1CN2C(=O)CC2O1)C(=O)O. The summed E-state index contributed by atoms with van der Waals surface area (Å²) in [7, 11) is 0. The van der Waals surface area contributed by atoms with Crippen LogP contribution in [0.15, 0.2) is 0 Å². The Labute approximate surface area is 97.0 Å². The van der Waals surface area contributed by atoms with Gasteiger partial charge in [-0.05, 0) is 6.42 Å². The molecule has 2 fully saturated rings. The zero-order valence-corrected chi connectivity index (χ0v) is 9.04. The fourth-order valence-corrected chi connectivity index (χ4v) is 2.18. The highest BCUT2D eigenvalue weighted by atomic mass is 16.5. The summed E-state index contributed by atoms with van der Waals surface area (Å²) in [5.74, 6) is -3.25. The summed E-state index contributed by atoms with van der Waals surface area (Å²) in [5.41, 5.74) is 0. The van der Waals surface area contributed by atoms with Crippen LogP contribution in [0.5, 0.6) is 0 Å². The Bertz CT molecular complexity index is 368. The van der Waals surface area contributed by atoms with Gasteiger partial charge < -0.3 is 19.8 Å². The Morgan fingerprint density at radius 2 is 2.18 bits per heavy atom. The van der Waals surface area contributed by atoms with Crippen LogP contribution in [-0.2, 0) is 19.1 Å². The maximum Gasteiger partial charge on any atom is 0.307 e. The standard InChI is InChI=1S/C10H13NO6/c12-7-3-8-11(7)4-6(17-8)1-5(10(15)16)2-9(13)14/h5-6,8H,1-4H2,(H,13,14)(H,15,16). The Balaban J connectivity index is 1.88. The van der Waals surface area contributed by atoms with Crippen LogP contribution in [0.2, 0.25) is 0 Å². The van der Waals surface area contributed by atoms with Crippen molar-refractivity contribution in [3.8, 4) is 0 Å². The topological polar surface area (TPSA) is 104 Å². The van der Waals surface area contributed by atoms with Crippen LogP contribution >= 0.6 is 0 Å². The van der Waals surface area contributed by atoms with E-state index in [1.807, 2.05) is 0 Å². The molecule has 2 aliphatic heterocycles. The van der Waals surface area contributed by atoms with E-state index in [1.54, 1.807) is 4.90 Å². The van der Waals surface area contributed by atoms with Gasteiger partial charge in [0.05, 0.1) is 24.9 Å². The molecule has 0 spiro atoms. The largest absolute Gasteiger partial charge is 0.481 e. The summed E-state index contributed by atoms with van der Waals surface area (Å²) >= 11 is 0. The highest BCUT2D eigenvalue weighted by molar-refractivity contribution is 5.83. The van der Waals surface area contributed by atoms with Crippen molar-refractivity contribution < 1.29 is 29.3 Å². The molecule has 3 atom stereocenters. The molecule has 1 amide bonds. The molecular weight excluding hydrogens is 230 g/mol.